The Balaban J connectivity index is 1.75. The molecule has 108 valence electrons. The number of amides is 1. The number of carboxylic acids is 1. The molecule has 2 rings (SSSR count). The number of nitrogens with zero attached hydrogens (tertiary/aromatic N) is 1. The van der Waals surface area contributed by atoms with Crippen LogP contribution in [0.15, 0.2) is 0 Å². The number of nitrogens with one attached hydrogen (secondary N) is 1. The summed E-state index contributed by atoms with van der Waals surface area (Å²) in [5, 5.41) is 12.0. The number of piperidine rings is 1. The minimum absolute atomic E-state index is 0.0162. The van der Waals surface area contributed by atoms with E-state index in [1.165, 1.54) is 0 Å². The first kappa shape index (κ1) is 14.3. The van der Waals surface area contributed by atoms with Gasteiger partial charge >= 0.3 is 5.97 Å². The van der Waals surface area contributed by atoms with Gasteiger partial charge in [-0.05, 0) is 26.2 Å². The molecule has 1 amide bonds. The van der Waals surface area contributed by atoms with Crippen LogP contribution >= 0.6 is 0 Å². The maximum Gasteiger partial charge on any atom is 0.307 e. The lowest BCUT2D eigenvalue weighted by molar-refractivity contribution is -0.145. The summed E-state index contributed by atoms with van der Waals surface area (Å²) < 4.78 is 5.57. The highest BCUT2D eigenvalue weighted by Crippen LogP contribution is 2.26. The number of carbonyl (C=O) groups is 2. The zero-order chi connectivity index (χ0) is 13.8. The molecule has 0 bridgehead atoms. The SMILES string of the molecule is CCN(C(=O)COC1CNCC(C(=O)O)C1)C1CC1. The van der Waals surface area contributed by atoms with Crippen molar-refractivity contribution in [1.29, 1.82) is 0 Å². The molecule has 2 N–H and O–H groups in total. The fourth-order valence-corrected chi connectivity index (χ4v) is 2.51. The zero-order valence-corrected chi connectivity index (χ0v) is 11.3. The van der Waals surface area contributed by atoms with Crippen LogP contribution in [0.1, 0.15) is 26.2 Å². The third kappa shape index (κ3) is 3.91. The topological polar surface area (TPSA) is 78.9 Å². The number of ether oxygens (including phenoxy) is 1. The number of rotatable bonds is 6. The molecule has 2 fully saturated rings. The van der Waals surface area contributed by atoms with E-state index in [9.17, 15) is 9.59 Å². The second-order valence-corrected chi connectivity index (χ2v) is 5.27. The number of hydrogen-bond acceptors (Lipinski definition) is 4. The summed E-state index contributed by atoms with van der Waals surface area (Å²) in [6.45, 7) is 3.84. The van der Waals surface area contributed by atoms with E-state index in [1.807, 2.05) is 11.8 Å². The van der Waals surface area contributed by atoms with Gasteiger partial charge in [0.2, 0.25) is 5.91 Å². The Bertz CT molecular complexity index is 344. The van der Waals surface area contributed by atoms with E-state index in [-0.39, 0.29) is 18.6 Å². The molecule has 2 unspecified atom stereocenters. The van der Waals surface area contributed by atoms with Crippen LogP contribution in [-0.2, 0) is 14.3 Å². The molecule has 2 aliphatic rings. The van der Waals surface area contributed by atoms with Crippen molar-refractivity contribution in [3.8, 4) is 0 Å². The normalized spacial score (nSPS) is 27.0. The predicted molar refractivity (Wildman–Crippen MR) is 68.8 cm³/mol. The average molecular weight is 270 g/mol. The van der Waals surface area contributed by atoms with E-state index in [0.717, 1.165) is 12.8 Å². The quantitative estimate of drug-likeness (QED) is 0.714. The van der Waals surface area contributed by atoms with Gasteiger partial charge in [0.25, 0.3) is 0 Å². The van der Waals surface area contributed by atoms with E-state index < -0.39 is 11.9 Å². The first-order chi connectivity index (χ1) is 9.11. The molecule has 0 aromatic rings. The largest absolute Gasteiger partial charge is 0.481 e. The molecule has 0 aromatic carbocycles. The van der Waals surface area contributed by atoms with Gasteiger partial charge in [0.05, 0.1) is 12.0 Å². The highest BCUT2D eigenvalue weighted by molar-refractivity contribution is 5.78. The third-order valence-corrected chi connectivity index (χ3v) is 3.75. The van der Waals surface area contributed by atoms with Crippen molar-refractivity contribution in [3.05, 3.63) is 0 Å². The average Bonchev–Trinajstić information content (AvgIpc) is 3.22. The minimum Gasteiger partial charge on any atom is -0.481 e. The lowest BCUT2D eigenvalue weighted by Crippen LogP contribution is -2.45. The van der Waals surface area contributed by atoms with E-state index in [4.69, 9.17) is 9.84 Å². The maximum absolute atomic E-state index is 12.0. The van der Waals surface area contributed by atoms with Crippen molar-refractivity contribution in [2.24, 2.45) is 5.92 Å². The van der Waals surface area contributed by atoms with Crippen LogP contribution < -0.4 is 5.32 Å². The molecule has 6 nitrogen and oxygen atoms in total. The molecule has 1 heterocycles. The highest BCUT2D eigenvalue weighted by Gasteiger charge is 2.32. The predicted octanol–water partition coefficient (Wildman–Crippen LogP) is 0.0766. The molecule has 0 spiro atoms. The van der Waals surface area contributed by atoms with Crippen LogP contribution in [0.2, 0.25) is 0 Å². The molecule has 1 aliphatic heterocycles. The van der Waals surface area contributed by atoms with Gasteiger partial charge in [0.15, 0.2) is 0 Å². The summed E-state index contributed by atoms with van der Waals surface area (Å²) in [6, 6.07) is 0.400. The Morgan fingerprint density at radius 2 is 2.11 bits per heavy atom. The Morgan fingerprint density at radius 1 is 1.37 bits per heavy atom. The Hall–Kier alpha value is -1.14. The van der Waals surface area contributed by atoms with Crippen molar-refractivity contribution in [3.63, 3.8) is 0 Å². The number of aliphatic carboxylic acids is 1. The Kier molecular flexibility index (Phi) is 4.76. The molecule has 0 radical (unpaired) electrons. The van der Waals surface area contributed by atoms with Gasteiger partial charge in [-0.25, -0.2) is 0 Å². The molecule has 1 aliphatic carbocycles. The van der Waals surface area contributed by atoms with Crippen molar-refractivity contribution in [1.82, 2.24) is 10.2 Å². The summed E-state index contributed by atoms with van der Waals surface area (Å²) in [7, 11) is 0. The second kappa shape index (κ2) is 6.34. The van der Waals surface area contributed by atoms with E-state index >= 15 is 0 Å². The van der Waals surface area contributed by atoms with Gasteiger partial charge in [0, 0.05) is 25.7 Å². The van der Waals surface area contributed by atoms with Gasteiger partial charge in [0.1, 0.15) is 6.61 Å². The first-order valence-electron chi connectivity index (χ1n) is 6.96. The van der Waals surface area contributed by atoms with Crippen molar-refractivity contribution < 1.29 is 19.4 Å². The van der Waals surface area contributed by atoms with Crippen molar-refractivity contribution >= 4 is 11.9 Å². The molecule has 1 saturated heterocycles. The van der Waals surface area contributed by atoms with Crippen LogP contribution in [0.5, 0.6) is 0 Å². The minimum atomic E-state index is -0.805. The summed E-state index contributed by atoms with van der Waals surface area (Å²) in [6.07, 6.45) is 2.47. The summed E-state index contributed by atoms with van der Waals surface area (Å²) in [5.74, 6) is -1.21. The molecule has 1 saturated carbocycles. The van der Waals surface area contributed by atoms with Crippen molar-refractivity contribution in [2.75, 3.05) is 26.2 Å². The molecule has 6 heteroatoms. The van der Waals surface area contributed by atoms with Gasteiger partial charge in [-0.2, -0.15) is 0 Å². The fraction of sp³-hybridized carbons (Fsp3) is 0.846. The third-order valence-electron chi connectivity index (χ3n) is 3.75. The monoisotopic (exact) mass is 270 g/mol. The van der Waals surface area contributed by atoms with E-state index in [2.05, 4.69) is 5.32 Å². The fourth-order valence-electron chi connectivity index (χ4n) is 2.51. The smallest absolute Gasteiger partial charge is 0.307 e. The van der Waals surface area contributed by atoms with Crippen LogP contribution in [0.4, 0.5) is 0 Å². The van der Waals surface area contributed by atoms with Crippen LogP contribution in [0.25, 0.3) is 0 Å². The zero-order valence-electron chi connectivity index (χ0n) is 11.3. The summed E-state index contributed by atoms with van der Waals surface area (Å²) in [4.78, 5) is 24.7. The summed E-state index contributed by atoms with van der Waals surface area (Å²) >= 11 is 0. The Morgan fingerprint density at radius 3 is 2.68 bits per heavy atom. The van der Waals surface area contributed by atoms with Gasteiger partial charge in [-0.3, -0.25) is 9.59 Å². The van der Waals surface area contributed by atoms with E-state index in [1.54, 1.807) is 0 Å². The Labute approximate surface area is 113 Å². The molecule has 2 atom stereocenters. The van der Waals surface area contributed by atoms with Crippen LogP contribution in [0.3, 0.4) is 0 Å². The van der Waals surface area contributed by atoms with Gasteiger partial charge < -0.3 is 20.1 Å². The number of hydrogen-bond donors (Lipinski definition) is 2. The molecular weight excluding hydrogens is 248 g/mol. The maximum atomic E-state index is 12.0. The standard InChI is InChI=1S/C13H22N2O4/c1-2-15(10-3-4-10)12(16)8-19-11-5-9(13(17)18)6-14-7-11/h9-11,14H,2-8H2,1H3,(H,17,18). The molecular formula is C13H22N2O4. The van der Waals surface area contributed by atoms with Crippen LogP contribution in [0, 0.1) is 5.92 Å². The second-order valence-electron chi connectivity index (χ2n) is 5.27. The number of carboxylic acid groups (broad SMARTS) is 1. The number of likely N-dealkylation sites (N-methyl/N-ethyl adjacent to an activating group) is 1. The molecule has 0 aromatic heterocycles. The van der Waals surface area contributed by atoms with Gasteiger partial charge in [-0.15, -0.1) is 0 Å². The molecule has 19 heavy (non-hydrogen) atoms. The van der Waals surface area contributed by atoms with Gasteiger partial charge in [-0.1, -0.05) is 0 Å². The lowest BCUT2D eigenvalue weighted by Gasteiger charge is -2.28. The van der Waals surface area contributed by atoms with Crippen LogP contribution in [-0.4, -0.2) is 60.3 Å². The van der Waals surface area contributed by atoms with Crippen molar-refractivity contribution in [2.45, 2.75) is 38.3 Å². The summed E-state index contributed by atoms with van der Waals surface area (Å²) in [5.41, 5.74) is 0. The highest BCUT2D eigenvalue weighted by atomic mass is 16.5. The first-order valence-corrected chi connectivity index (χ1v) is 6.96. The lowest BCUT2D eigenvalue weighted by atomic mass is 9.98. The van der Waals surface area contributed by atoms with E-state index in [0.29, 0.717) is 32.1 Å². The number of carbonyl (C=O) groups excluding carboxylic acids is 1.